The number of aromatic nitrogens is 2. The molecule has 106 valence electrons. The predicted octanol–water partition coefficient (Wildman–Crippen LogP) is 3.68. The van der Waals surface area contributed by atoms with Crippen LogP contribution in [0.15, 0.2) is 18.2 Å². The summed E-state index contributed by atoms with van der Waals surface area (Å²) in [5.74, 6) is -0.424. The molecule has 3 nitrogen and oxygen atoms in total. The lowest BCUT2D eigenvalue weighted by atomic mass is 10.2. The van der Waals surface area contributed by atoms with Gasteiger partial charge < -0.3 is 5.32 Å². The molecule has 20 heavy (non-hydrogen) atoms. The standard InChI is InChI=1S/C14H15ClFN3S/c15-11-4-1-3-10(13(11)16)14-19-18-12(20-14)5-2-8-17-9-6-7-9/h1,3-4,9,17H,2,5-8H2. The van der Waals surface area contributed by atoms with E-state index < -0.39 is 5.82 Å². The summed E-state index contributed by atoms with van der Waals surface area (Å²) in [6.07, 6.45) is 4.51. The lowest BCUT2D eigenvalue weighted by molar-refractivity contribution is 0.631. The maximum absolute atomic E-state index is 13.9. The van der Waals surface area contributed by atoms with Gasteiger partial charge in [-0.2, -0.15) is 0 Å². The van der Waals surface area contributed by atoms with Crippen LogP contribution in [0.25, 0.3) is 10.6 Å². The van der Waals surface area contributed by atoms with Crippen LogP contribution in [0.4, 0.5) is 4.39 Å². The highest BCUT2D eigenvalue weighted by Crippen LogP contribution is 2.30. The van der Waals surface area contributed by atoms with E-state index in [4.69, 9.17) is 11.6 Å². The molecule has 0 unspecified atom stereocenters. The Morgan fingerprint density at radius 3 is 3.00 bits per heavy atom. The molecule has 0 aliphatic heterocycles. The first-order chi connectivity index (χ1) is 9.74. The second-order valence-corrected chi connectivity index (χ2v) is 6.40. The van der Waals surface area contributed by atoms with Crippen LogP contribution in [0.3, 0.4) is 0 Å². The molecule has 0 amide bonds. The normalized spacial score (nSPS) is 14.7. The van der Waals surface area contributed by atoms with Crippen molar-refractivity contribution in [2.75, 3.05) is 6.54 Å². The van der Waals surface area contributed by atoms with Crippen molar-refractivity contribution in [2.45, 2.75) is 31.7 Å². The molecule has 6 heteroatoms. The zero-order chi connectivity index (χ0) is 13.9. The van der Waals surface area contributed by atoms with Crippen LogP contribution in [-0.2, 0) is 6.42 Å². The molecule has 1 saturated carbocycles. The molecule has 0 bridgehead atoms. The molecule has 1 aliphatic carbocycles. The molecule has 1 aromatic heterocycles. The van der Waals surface area contributed by atoms with Gasteiger partial charge in [0, 0.05) is 18.0 Å². The molecule has 1 N–H and O–H groups in total. The van der Waals surface area contributed by atoms with Crippen molar-refractivity contribution in [1.29, 1.82) is 0 Å². The van der Waals surface area contributed by atoms with Crippen LogP contribution in [0.2, 0.25) is 5.02 Å². The Hall–Kier alpha value is -1.04. The van der Waals surface area contributed by atoms with Crippen molar-refractivity contribution in [1.82, 2.24) is 15.5 Å². The molecule has 0 spiro atoms. The molecule has 2 aromatic rings. The highest BCUT2D eigenvalue weighted by molar-refractivity contribution is 7.14. The predicted molar refractivity (Wildman–Crippen MR) is 79.7 cm³/mol. The number of halogens is 2. The van der Waals surface area contributed by atoms with Crippen molar-refractivity contribution in [3.63, 3.8) is 0 Å². The Balaban J connectivity index is 1.62. The van der Waals surface area contributed by atoms with Gasteiger partial charge >= 0.3 is 0 Å². The number of aryl methyl sites for hydroxylation is 1. The zero-order valence-electron chi connectivity index (χ0n) is 10.9. The Kier molecular flexibility index (Phi) is 4.29. The van der Waals surface area contributed by atoms with Gasteiger partial charge in [0.1, 0.15) is 5.01 Å². The van der Waals surface area contributed by atoms with E-state index in [9.17, 15) is 4.39 Å². The van der Waals surface area contributed by atoms with Crippen molar-refractivity contribution in [3.05, 3.63) is 34.0 Å². The monoisotopic (exact) mass is 311 g/mol. The topological polar surface area (TPSA) is 37.8 Å². The largest absolute Gasteiger partial charge is 0.314 e. The van der Waals surface area contributed by atoms with Crippen molar-refractivity contribution in [3.8, 4) is 10.6 Å². The van der Waals surface area contributed by atoms with Crippen molar-refractivity contribution in [2.24, 2.45) is 0 Å². The average Bonchev–Trinajstić information content (AvgIpc) is 3.15. The van der Waals surface area contributed by atoms with E-state index in [1.165, 1.54) is 30.2 Å². The number of nitrogens with one attached hydrogen (secondary N) is 1. The fourth-order valence-corrected chi connectivity index (χ4v) is 3.04. The summed E-state index contributed by atoms with van der Waals surface area (Å²) in [6.45, 7) is 1.01. The minimum atomic E-state index is -0.424. The molecule has 0 radical (unpaired) electrons. The van der Waals surface area contributed by atoms with Gasteiger partial charge in [-0.1, -0.05) is 29.0 Å². The van der Waals surface area contributed by atoms with Gasteiger partial charge in [0.25, 0.3) is 0 Å². The van der Waals surface area contributed by atoms with Crippen LogP contribution < -0.4 is 5.32 Å². The first-order valence-corrected chi connectivity index (χ1v) is 7.93. The summed E-state index contributed by atoms with van der Waals surface area (Å²) in [6, 6.07) is 5.67. The lowest BCUT2D eigenvalue weighted by Gasteiger charge is -2.00. The number of hydrogen-bond donors (Lipinski definition) is 1. The smallest absolute Gasteiger partial charge is 0.152 e. The second kappa shape index (κ2) is 6.16. The number of nitrogens with zero attached hydrogens (tertiary/aromatic N) is 2. The summed E-state index contributed by atoms with van der Waals surface area (Å²) < 4.78 is 13.9. The maximum atomic E-state index is 13.9. The Labute approximate surface area is 126 Å². The molecule has 0 atom stereocenters. The zero-order valence-corrected chi connectivity index (χ0v) is 12.5. The van der Waals surface area contributed by atoms with Crippen molar-refractivity contribution >= 4 is 22.9 Å². The SMILES string of the molecule is Fc1c(Cl)cccc1-c1nnc(CCCNC2CC2)s1. The van der Waals surface area contributed by atoms with Crippen LogP contribution in [-0.4, -0.2) is 22.8 Å². The van der Waals surface area contributed by atoms with E-state index in [1.54, 1.807) is 12.1 Å². The third-order valence-corrected chi connectivity index (χ3v) is 4.53. The third kappa shape index (κ3) is 3.34. The van der Waals surface area contributed by atoms with E-state index in [1.807, 2.05) is 0 Å². The molecule has 1 aromatic carbocycles. The minimum absolute atomic E-state index is 0.118. The quantitative estimate of drug-likeness (QED) is 0.827. The van der Waals surface area contributed by atoms with Gasteiger partial charge in [0.15, 0.2) is 10.8 Å². The van der Waals surface area contributed by atoms with Gasteiger partial charge in [0.2, 0.25) is 0 Å². The van der Waals surface area contributed by atoms with Gasteiger partial charge in [0.05, 0.1) is 5.02 Å². The van der Waals surface area contributed by atoms with E-state index in [0.717, 1.165) is 30.4 Å². The third-order valence-electron chi connectivity index (χ3n) is 3.23. The van der Waals surface area contributed by atoms with Crippen LogP contribution in [0.1, 0.15) is 24.3 Å². The molecular formula is C14H15ClFN3S. The minimum Gasteiger partial charge on any atom is -0.314 e. The number of rotatable bonds is 6. The van der Waals surface area contributed by atoms with Gasteiger partial charge in [-0.15, -0.1) is 10.2 Å². The van der Waals surface area contributed by atoms with Gasteiger partial charge in [-0.25, -0.2) is 4.39 Å². The second-order valence-electron chi connectivity index (χ2n) is 4.93. The summed E-state index contributed by atoms with van der Waals surface area (Å²) >= 11 is 7.22. The molecule has 3 rings (SSSR count). The fraction of sp³-hybridized carbons (Fsp3) is 0.429. The van der Waals surface area contributed by atoms with E-state index in [0.29, 0.717) is 10.6 Å². The molecule has 1 fully saturated rings. The number of benzene rings is 1. The van der Waals surface area contributed by atoms with E-state index in [-0.39, 0.29) is 5.02 Å². The first-order valence-electron chi connectivity index (χ1n) is 6.74. The molecule has 1 aliphatic rings. The first kappa shape index (κ1) is 13.9. The molecule has 1 heterocycles. The van der Waals surface area contributed by atoms with Crippen LogP contribution in [0, 0.1) is 5.82 Å². The molecule has 0 saturated heterocycles. The Morgan fingerprint density at radius 2 is 2.20 bits per heavy atom. The summed E-state index contributed by atoms with van der Waals surface area (Å²) in [4.78, 5) is 0. The Bertz CT molecular complexity index is 598. The Morgan fingerprint density at radius 1 is 1.35 bits per heavy atom. The van der Waals surface area contributed by atoms with Crippen LogP contribution in [0.5, 0.6) is 0 Å². The fourth-order valence-electron chi connectivity index (χ4n) is 1.97. The van der Waals surface area contributed by atoms with Crippen LogP contribution >= 0.6 is 22.9 Å². The number of hydrogen-bond acceptors (Lipinski definition) is 4. The van der Waals surface area contributed by atoms with E-state index >= 15 is 0 Å². The average molecular weight is 312 g/mol. The van der Waals surface area contributed by atoms with Gasteiger partial charge in [-0.3, -0.25) is 0 Å². The summed E-state index contributed by atoms with van der Waals surface area (Å²) in [5, 5.41) is 13.3. The highest BCUT2D eigenvalue weighted by atomic mass is 35.5. The summed E-state index contributed by atoms with van der Waals surface area (Å²) in [7, 11) is 0. The summed E-state index contributed by atoms with van der Waals surface area (Å²) in [5.41, 5.74) is 0.428. The lowest BCUT2D eigenvalue weighted by Crippen LogP contribution is -2.17. The highest BCUT2D eigenvalue weighted by Gasteiger charge is 2.19. The van der Waals surface area contributed by atoms with Crippen molar-refractivity contribution < 1.29 is 4.39 Å². The van der Waals surface area contributed by atoms with E-state index in [2.05, 4.69) is 15.5 Å². The molecular weight excluding hydrogens is 297 g/mol. The maximum Gasteiger partial charge on any atom is 0.152 e. The van der Waals surface area contributed by atoms with Gasteiger partial charge in [-0.05, 0) is 37.9 Å².